The molecule has 1 aliphatic heterocycles. The van der Waals surface area contributed by atoms with E-state index in [0.717, 1.165) is 11.1 Å². The van der Waals surface area contributed by atoms with Crippen molar-refractivity contribution in [1.82, 2.24) is 15.1 Å². The number of carbonyl (C=O) groups is 3. The maximum atomic E-state index is 13.2. The molecule has 1 saturated carbocycles. The summed E-state index contributed by atoms with van der Waals surface area (Å²) in [6.45, 7) is 0.142. The second-order valence-electron chi connectivity index (χ2n) is 7.84. The molecule has 1 aliphatic carbocycles. The molecule has 0 unspecified atom stereocenters. The summed E-state index contributed by atoms with van der Waals surface area (Å²) < 4.78 is 5.14. The zero-order valence-electron chi connectivity index (χ0n) is 16.8. The lowest BCUT2D eigenvalue weighted by Crippen LogP contribution is -2.69. The number of nitrogens with zero attached hydrogens (tertiary/aromatic N) is 2. The summed E-state index contributed by atoms with van der Waals surface area (Å²) in [5, 5.41) is 12.4. The van der Waals surface area contributed by atoms with Crippen LogP contribution in [0.1, 0.15) is 24.0 Å². The van der Waals surface area contributed by atoms with Crippen LogP contribution in [-0.2, 0) is 16.9 Å². The predicted octanol–water partition coefficient (Wildman–Crippen LogP) is 2.78. The molecule has 2 aliphatic rings. The van der Waals surface area contributed by atoms with Gasteiger partial charge in [-0.15, -0.1) is 0 Å². The van der Waals surface area contributed by atoms with Crippen LogP contribution < -0.4 is 10.1 Å². The topological polar surface area (TPSA) is 99.2 Å². The Labute approximate surface area is 174 Å². The molecule has 2 fully saturated rings. The van der Waals surface area contributed by atoms with Crippen molar-refractivity contribution in [3.8, 4) is 5.75 Å². The van der Waals surface area contributed by atoms with Crippen LogP contribution in [0, 0.1) is 0 Å². The van der Waals surface area contributed by atoms with E-state index in [4.69, 9.17) is 4.74 Å². The number of carbonyl (C=O) groups excluding carboxylic acids is 2. The van der Waals surface area contributed by atoms with Gasteiger partial charge < -0.3 is 20.1 Å². The highest BCUT2D eigenvalue weighted by atomic mass is 16.5. The van der Waals surface area contributed by atoms with Crippen LogP contribution in [-0.4, -0.2) is 52.6 Å². The fourth-order valence-corrected chi connectivity index (χ4v) is 4.49. The Morgan fingerprint density at radius 2 is 1.77 bits per heavy atom. The van der Waals surface area contributed by atoms with Gasteiger partial charge in [0.2, 0.25) is 0 Å². The van der Waals surface area contributed by atoms with Crippen LogP contribution in [0.15, 0.2) is 54.6 Å². The zero-order chi connectivity index (χ0) is 21.5. The first kappa shape index (κ1) is 19.8. The molecular formula is C22H23N3O5. The molecule has 0 radical (unpaired) electrons. The van der Waals surface area contributed by atoms with Gasteiger partial charge in [0, 0.05) is 19.9 Å². The summed E-state index contributed by atoms with van der Waals surface area (Å²) >= 11 is 0. The molecule has 2 aromatic rings. The predicted molar refractivity (Wildman–Crippen MR) is 108 cm³/mol. The van der Waals surface area contributed by atoms with Gasteiger partial charge in [-0.2, -0.15) is 0 Å². The lowest BCUT2D eigenvalue weighted by molar-refractivity contribution is -0.142. The zero-order valence-corrected chi connectivity index (χ0v) is 16.8. The third-order valence-corrected chi connectivity index (χ3v) is 6.17. The smallest absolute Gasteiger partial charge is 0.407 e. The number of urea groups is 1. The normalized spacial score (nSPS) is 25.1. The van der Waals surface area contributed by atoms with Crippen LogP contribution in [0.25, 0.3) is 0 Å². The van der Waals surface area contributed by atoms with E-state index in [0.29, 0.717) is 5.75 Å². The van der Waals surface area contributed by atoms with E-state index in [-0.39, 0.29) is 25.3 Å². The van der Waals surface area contributed by atoms with Crippen LogP contribution >= 0.6 is 0 Å². The Morgan fingerprint density at radius 3 is 2.33 bits per heavy atom. The second-order valence-corrected chi connectivity index (χ2v) is 7.84. The molecule has 0 atom stereocenters. The number of methoxy groups -OCH3 is 1. The van der Waals surface area contributed by atoms with Crippen molar-refractivity contribution in [3.63, 3.8) is 0 Å². The maximum Gasteiger partial charge on any atom is 0.407 e. The van der Waals surface area contributed by atoms with Crippen LogP contribution in [0.2, 0.25) is 0 Å². The summed E-state index contributed by atoms with van der Waals surface area (Å²) in [5.41, 5.74) is -0.362. The second kappa shape index (κ2) is 7.05. The van der Waals surface area contributed by atoms with Crippen molar-refractivity contribution in [3.05, 3.63) is 65.7 Å². The number of nitrogens with one attached hydrogen (secondary N) is 1. The number of imide groups is 1. The number of benzene rings is 2. The molecule has 30 heavy (non-hydrogen) atoms. The molecule has 1 spiro atoms. The molecule has 8 nitrogen and oxygen atoms in total. The molecule has 1 heterocycles. The van der Waals surface area contributed by atoms with E-state index >= 15 is 0 Å². The van der Waals surface area contributed by atoms with Gasteiger partial charge in [-0.1, -0.05) is 42.5 Å². The molecule has 1 saturated heterocycles. The summed E-state index contributed by atoms with van der Waals surface area (Å²) in [6, 6.07) is 15.9. The molecule has 4 amide bonds. The Kier molecular flexibility index (Phi) is 4.64. The van der Waals surface area contributed by atoms with Crippen LogP contribution in [0.3, 0.4) is 0 Å². The molecule has 2 N–H and O–H groups in total. The van der Waals surface area contributed by atoms with Gasteiger partial charge >= 0.3 is 12.1 Å². The largest absolute Gasteiger partial charge is 0.497 e. The molecule has 2 aromatic carbocycles. The fraction of sp³-hybridized carbons (Fsp3) is 0.318. The number of carboxylic acid groups (broad SMARTS) is 1. The summed E-state index contributed by atoms with van der Waals surface area (Å²) in [4.78, 5) is 40.0. The summed E-state index contributed by atoms with van der Waals surface area (Å²) in [5.74, 6) is 0.365. The number of hydrogen-bond acceptors (Lipinski definition) is 4. The Morgan fingerprint density at radius 1 is 1.13 bits per heavy atom. The highest BCUT2D eigenvalue weighted by Gasteiger charge is 2.67. The first-order chi connectivity index (χ1) is 14.3. The SMILES string of the molecule is COc1ccc(CN2C(=O)NC3(CC(c4ccccc4)(N(C)C(=O)O)C3)C2=O)cc1. The number of hydrogen-bond donors (Lipinski definition) is 2. The Balaban J connectivity index is 1.58. The van der Waals surface area contributed by atoms with Gasteiger partial charge in [-0.25, -0.2) is 9.59 Å². The molecule has 0 aromatic heterocycles. The Bertz CT molecular complexity index is 984. The number of rotatable bonds is 5. The number of ether oxygens (including phenoxy) is 1. The van der Waals surface area contributed by atoms with Crippen molar-refractivity contribution in [2.45, 2.75) is 30.5 Å². The van der Waals surface area contributed by atoms with Gasteiger partial charge in [0.25, 0.3) is 5.91 Å². The minimum Gasteiger partial charge on any atom is -0.497 e. The minimum absolute atomic E-state index is 0.142. The summed E-state index contributed by atoms with van der Waals surface area (Å²) in [6.07, 6.45) is -0.701. The molecule has 156 valence electrons. The molecule has 8 heteroatoms. The van der Waals surface area contributed by atoms with Gasteiger partial charge in [-0.05, 0) is 23.3 Å². The first-order valence-corrected chi connectivity index (χ1v) is 9.61. The van der Waals surface area contributed by atoms with E-state index < -0.39 is 23.2 Å². The standard InChI is InChI=1S/C22H23N3O5/c1-24(20(28)29)22(16-6-4-3-5-7-16)13-21(14-22)18(26)25(19(27)23-21)12-15-8-10-17(30-2)11-9-15/h3-11H,12-14H2,1-2H3,(H,23,27)(H,28,29). The first-order valence-electron chi connectivity index (χ1n) is 9.61. The van der Waals surface area contributed by atoms with Gasteiger partial charge in [0.1, 0.15) is 11.3 Å². The maximum absolute atomic E-state index is 13.2. The van der Waals surface area contributed by atoms with Gasteiger partial charge in [-0.3, -0.25) is 9.69 Å². The lowest BCUT2D eigenvalue weighted by atomic mass is 9.59. The average molecular weight is 409 g/mol. The molecule has 4 rings (SSSR count). The molecular weight excluding hydrogens is 386 g/mol. The van der Waals surface area contributed by atoms with Crippen molar-refractivity contribution in [2.24, 2.45) is 0 Å². The van der Waals surface area contributed by atoms with E-state index in [2.05, 4.69) is 5.32 Å². The van der Waals surface area contributed by atoms with E-state index in [9.17, 15) is 19.5 Å². The van der Waals surface area contributed by atoms with Crippen molar-refractivity contribution >= 4 is 18.0 Å². The van der Waals surface area contributed by atoms with E-state index in [1.54, 1.807) is 31.4 Å². The lowest BCUT2D eigenvalue weighted by Gasteiger charge is -2.56. The fourth-order valence-electron chi connectivity index (χ4n) is 4.49. The van der Waals surface area contributed by atoms with Crippen LogP contribution in [0.5, 0.6) is 5.75 Å². The van der Waals surface area contributed by atoms with Gasteiger partial charge in [0.15, 0.2) is 0 Å². The van der Waals surface area contributed by atoms with Crippen molar-refractivity contribution in [2.75, 3.05) is 14.2 Å². The van der Waals surface area contributed by atoms with E-state index in [1.807, 2.05) is 30.3 Å². The van der Waals surface area contributed by atoms with Gasteiger partial charge in [0.05, 0.1) is 19.2 Å². The minimum atomic E-state index is -1.09. The van der Waals surface area contributed by atoms with Crippen molar-refractivity contribution in [1.29, 1.82) is 0 Å². The highest BCUT2D eigenvalue weighted by Crippen LogP contribution is 2.54. The highest BCUT2D eigenvalue weighted by molar-refractivity contribution is 6.08. The average Bonchev–Trinajstić information content (AvgIpc) is 2.97. The van der Waals surface area contributed by atoms with E-state index in [1.165, 1.54) is 16.8 Å². The third-order valence-electron chi connectivity index (χ3n) is 6.17. The Hall–Kier alpha value is -3.55. The van der Waals surface area contributed by atoms with Crippen LogP contribution in [0.4, 0.5) is 9.59 Å². The third kappa shape index (κ3) is 2.96. The quantitative estimate of drug-likeness (QED) is 0.740. The van der Waals surface area contributed by atoms with Crippen molar-refractivity contribution < 1.29 is 24.2 Å². The molecule has 0 bridgehead atoms. The number of amides is 4. The summed E-state index contributed by atoms with van der Waals surface area (Å²) in [7, 11) is 3.07. The monoisotopic (exact) mass is 409 g/mol.